The van der Waals surface area contributed by atoms with Gasteiger partial charge in [-0.25, -0.2) is 0 Å². The van der Waals surface area contributed by atoms with Crippen molar-refractivity contribution in [2.45, 2.75) is 30.8 Å². The molecular weight excluding hydrogens is 639 g/mol. The molecule has 1 heterocycles. The normalized spacial score (nSPS) is 17.2. The number of ether oxygens (including phenoxy) is 2. The van der Waals surface area contributed by atoms with Crippen molar-refractivity contribution in [2.75, 3.05) is 0 Å². The first kappa shape index (κ1) is 30.8. The van der Waals surface area contributed by atoms with Crippen molar-refractivity contribution in [3.8, 4) is 33.8 Å². The van der Waals surface area contributed by atoms with Crippen LogP contribution in [0.4, 0.5) is 0 Å². The lowest BCUT2D eigenvalue weighted by Gasteiger charge is -2.39. The highest BCUT2D eigenvalue weighted by atomic mass is 16.5. The number of nitrogens with two attached hydrogens (primary N) is 3. The molecule has 52 heavy (non-hydrogen) atoms. The van der Waals surface area contributed by atoms with Gasteiger partial charge < -0.3 is 9.47 Å². The minimum Gasteiger partial charge on any atom is -0.472 e. The molecule has 7 aromatic carbocycles. The van der Waals surface area contributed by atoms with Crippen molar-refractivity contribution < 1.29 is 9.47 Å². The van der Waals surface area contributed by atoms with E-state index in [-0.39, 0.29) is 0 Å². The number of aryl methyl sites for hydroxylation is 2. The molecule has 0 amide bonds. The van der Waals surface area contributed by atoms with E-state index in [0.29, 0.717) is 5.75 Å². The number of fused-ring (bicyclic) bond motifs is 15. The second-order valence-corrected chi connectivity index (χ2v) is 14.4. The summed E-state index contributed by atoms with van der Waals surface area (Å²) in [7, 11) is 0. The second-order valence-electron chi connectivity index (χ2n) is 14.4. The van der Waals surface area contributed by atoms with E-state index in [0.717, 1.165) is 27.8 Å². The van der Waals surface area contributed by atoms with E-state index in [1.807, 2.05) is 24.3 Å². The summed E-state index contributed by atoms with van der Waals surface area (Å²) in [6.45, 7) is 4.25. The molecule has 0 saturated carbocycles. The minimum absolute atomic E-state index is 0.465. The Bertz CT molecular complexity index is 2590. The lowest BCUT2D eigenvalue weighted by molar-refractivity contribution is 0.0900. The van der Waals surface area contributed by atoms with Crippen LogP contribution in [-0.2, 0) is 11.0 Å². The van der Waals surface area contributed by atoms with Crippen molar-refractivity contribution >= 4 is 16.8 Å². The summed E-state index contributed by atoms with van der Waals surface area (Å²) in [5.74, 6) is -0.467. The largest absolute Gasteiger partial charge is 0.472 e. The van der Waals surface area contributed by atoms with Crippen LogP contribution in [0.25, 0.3) is 39.1 Å². The Labute approximate surface area is 302 Å². The van der Waals surface area contributed by atoms with Gasteiger partial charge in [0.05, 0.1) is 5.41 Å². The fourth-order valence-electron chi connectivity index (χ4n) is 9.14. The maximum absolute atomic E-state index is 7.64. The van der Waals surface area contributed by atoms with Gasteiger partial charge >= 0.3 is 0 Å². The topological polar surface area (TPSA) is 96.5 Å². The van der Waals surface area contributed by atoms with Gasteiger partial charge in [0.2, 0.25) is 0 Å². The molecule has 5 heteroatoms. The predicted molar refractivity (Wildman–Crippen MR) is 209 cm³/mol. The van der Waals surface area contributed by atoms with Crippen molar-refractivity contribution in [2.24, 2.45) is 17.2 Å². The molecule has 10 rings (SSSR count). The summed E-state index contributed by atoms with van der Waals surface area (Å²) >= 11 is 0. The molecule has 1 aliphatic heterocycles. The van der Waals surface area contributed by atoms with Gasteiger partial charge in [0.1, 0.15) is 11.5 Å². The van der Waals surface area contributed by atoms with Crippen LogP contribution in [0.5, 0.6) is 11.5 Å². The number of hydrogen-bond donors (Lipinski definition) is 3. The molecule has 3 aliphatic rings. The fraction of sp³-hybridized carbons (Fsp3) is 0.106. The average Bonchev–Trinajstić information content (AvgIpc) is 3.62. The first-order valence-corrected chi connectivity index (χ1v) is 17.7. The third-order valence-electron chi connectivity index (χ3n) is 11.2. The number of rotatable bonds is 4. The molecule has 0 bridgehead atoms. The molecular formula is C47H37N3O2. The van der Waals surface area contributed by atoms with Gasteiger partial charge in [-0.2, -0.15) is 0 Å². The van der Waals surface area contributed by atoms with Crippen molar-refractivity contribution in [3.05, 3.63) is 196 Å². The van der Waals surface area contributed by atoms with E-state index >= 15 is 0 Å². The van der Waals surface area contributed by atoms with E-state index < -0.39 is 17.0 Å². The van der Waals surface area contributed by atoms with Gasteiger partial charge in [-0.3, -0.25) is 17.2 Å². The standard InChI is InChI=1S/C47H37N3O2/c1-28-15-18-30(19-16-28)45(31-20-22-32(23-21-31)51-47(48,49)50)26-25-37-43-42(35-24-17-29(2)27-38(35)44(37)52-45)36-11-5-8-14-41(36)46(43)39-12-6-3-9-33(39)34-10-4-7-13-40(34)46/h3-27H,48-50H2,1-2H3. The van der Waals surface area contributed by atoms with Crippen molar-refractivity contribution in [1.29, 1.82) is 0 Å². The molecule has 0 aromatic heterocycles. The van der Waals surface area contributed by atoms with Crippen LogP contribution in [0.2, 0.25) is 0 Å². The summed E-state index contributed by atoms with van der Waals surface area (Å²) in [6, 6.07) is 49.8. The van der Waals surface area contributed by atoms with Crippen LogP contribution in [-0.4, -0.2) is 5.97 Å². The van der Waals surface area contributed by atoms with Crippen molar-refractivity contribution in [1.82, 2.24) is 0 Å². The van der Waals surface area contributed by atoms with Crippen LogP contribution in [0.3, 0.4) is 0 Å². The smallest absolute Gasteiger partial charge is 0.271 e. The third-order valence-corrected chi connectivity index (χ3v) is 11.2. The zero-order valence-electron chi connectivity index (χ0n) is 29.0. The fourth-order valence-corrected chi connectivity index (χ4v) is 9.14. The first-order valence-electron chi connectivity index (χ1n) is 17.7. The zero-order valence-corrected chi connectivity index (χ0v) is 29.0. The summed E-state index contributed by atoms with van der Waals surface area (Å²) in [5, 5.41) is 2.26. The Morgan fingerprint density at radius 3 is 1.73 bits per heavy atom. The summed E-state index contributed by atoms with van der Waals surface area (Å²) in [5.41, 5.74) is 31.4. The Morgan fingerprint density at radius 2 is 1.12 bits per heavy atom. The lowest BCUT2D eigenvalue weighted by Crippen LogP contribution is -2.62. The Kier molecular flexibility index (Phi) is 6.38. The molecule has 1 atom stereocenters. The summed E-state index contributed by atoms with van der Waals surface area (Å²) < 4.78 is 13.2. The lowest BCUT2D eigenvalue weighted by atomic mass is 9.68. The summed E-state index contributed by atoms with van der Waals surface area (Å²) in [4.78, 5) is 0. The minimum atomic E-state index is -1.79. The molecule has 7 aromatic rings. The monoisotopic (exact) mass is 675 g/mol. The second kappa shape index (κ2) is 10.8. The molecule has 0 saturated heterocycles. The van der Waals surface area contributed by atoms with Crippen LogP contribution in [0.1, 0.15) is 50.1 Å². The maximum Gasteiger partial charge on any atom is 0.271 e. The van der Waals surface area contributed by atoms with E-state index in [2.05, 4.69) is 141 Å². The molecule has 2 aliphatic carbocycles. The Morgan fingerprint density at radius 1 is 0.577 bits per heavy atom. The Hall–Kier alpha value is -5.98. The first-order chi connectivity index (χ1) is 25.2. The van der Waals surface area contributed by atoms with Gasteiger partial charge in [-0.15, -0.1) is 0 Å². The molecule has 6 N–H and O–H groups in total. The molecule has 1 unspecified atom stereocenters. The number of hydrogen-bond acceptors (Lipinski definition) is 5. The third kappa shape index (κ3) is 4.16. The van der Waals surface area contributed by atoms with Crippen LogP contribution in [0, 0.1) is 13.8 Å². The van der Waals surface area contributed by atoms with E-state index in [4.69, 9.17) is 26.7 Å². The Balaban J connectivity index is 1.31. The quantitative estimate of drug-likeness (QED) is 0.162. The average molecular weight is 676 g/mol. The van der Waals surface area contributed by atoms with E-state index in [1.165, 1.54) is 61.0 Å². The van der Waals surface area contributed by atoms with Crippen LogP contribution in [0.15, 0.2) is 146 Å². The molecule has 0 radical (unpaired) electrons. The van der Waals surface area contributed by atoms with Crippen LogP contribution >= 0.6 is 0 Å². The zero-order chi connectivity index (χ0) is 35.4. The maximum atomic E-state index is 7.64. The number of benzene rings is 7. The van der Waals surface area contributed by atoms with Gasteiger partial charge in [0.25, 0.3) is 5.97 Å². The van der Waals surface area contributed by atoms with Gasteiger partial charge in [0, 0.05) is 22.1 Å². The highest BCUT2D eigenvalue weighted by Gasteiger charge is 2.54. The van der Waals surface area contributed by atoms with Crippen molar-refractivity contribution in [3.63, 3.8) is 0 Å². The van der Waals surface area contributed by atoms with Gasteiger partial charge in [0.15, 0.2) is 5.60 Å². The molecule has 1 spiro atoms. The van der Waals surface area contributed by atoms with E-state index in [1.54, 1.807) is 0 Å². The van der Waals surface area contributed by atoms with Gasteiger partial charge in [-0.05, 0) is 88.0 Å². The van der Waals surface area contributed by atoms with E-state index in [9.17, 15) is 0 Å². The van der Waals surface area contributed by atoms with Gasteiger partial charge in [-0.1, -0.05) is 139 Å². The molecule has 5 nitrogen and oxygen atoms in total. The highest BCUT2D eigenvalue weighted by molar-refractivity contribution is 6.11. The predicted octanol–water partition coefficient (Wildman–Crippen LogP) is 9.02. The molecule has 0 fully saturated rings. The van der Waals surface area contributed by atoms with Crippen LogP contribution < -0.4 is 26.7 Å². The highest BCUT2D eigenvalue weighted by Crippen LogP contribution is 2.66. The summed E-state index contributed by atoms with van der Waals surface area (Å²) in [6.07, 6.45) is 4.53. The molecule has 252 valence electrons. The SMILES string of the molecule is Cc1ccc(C2(c3ccc(OC(N)(N)N)cc3)C=Cc3c4c(c5ccc(C)cc5c3O2)-c2ccccc2C42c3ccccc3-c3ccccc32)cc1.